The lowest BCUT2D eigenvalue weighted by Gasteiger charge is -2.27. The lowest BCUT2D eigenvalue weighted by atomic mass is 9.78. The summed E-state index contributed by atoms with van der Waals surface area (Å²) in [5.41, 5.74) is 1.28. The van der Waals surface area contributed by atoms with Crippen LogP contribution < -0.4 is 0 Å². The van der Waals surface area contributed by atoms with Crippen LogP contribution in [0.5, 0.6) is 0 Å². The number of hydrogen-bond donors (Lipinski definition) is 0. The molecule has 0 amide bonds. The van der Waals surface area contributed by atoms with E-state index in [0.717, 1.165) is 37.4 Å². The number of ketones is 1. The summed E-state index contributed by atoms with van der Waals surface area (Å²) in [5.74, 6) is 2.14. The number of allylic oxidation sites excluding steroid dienone is 2. The largest absolute Gasteiger partial charge is 0.339 e. The minimum absolute atomic E-state index is 0.146. The average molecular weight is 288 g/mol. The second kappa shape index (κ2) is 5.74. The summed E-state index contributed by atoms with van der Waals surface area (Å²) in [6.45, 7) is 4.37. The normalized spacial score (nSPS) is 21.4. The fourth-order valence-electron chi connectivity index (χ4n) is 3.39. The first-order valence-electron chi connectivity index (χ1n) is 8.12. The minimum atomic E-state index is -0.146. The molecule has 1 heterocycles. The highest BCUT2D eigenvalue weighted by molar-refractivity contribution is 5.79. The van der Waals surface area contributed by atoms with E-state index >= 15 is 0 Å². The first kappa shape index (κ1) is 14.5. The molecular weight excluding hydrogens is 264 g/mol. The Morgan fingerprint density at radius 1 is 1.19 bits per heavy atom. The van der Waals surface area contributed by atoms with Crippen LogP contribution in [0.15, 0.2) is 16.2 Å². The van der Waals surface area contributed by atoms with Crippen LogP contribution in [0, 0.1) is 0 Å². The molecule has 1 fully saturated rings. The van der Waals surface area contributed by atoms with Crippen molar-refractivity contribution >= 4 is 5.78 Å². The second-order valence-corrected chi connectivity index (χ2v) is 6.87. The van der Waals surface area contributed by atoms with Crippen LogP contribution in [-0.4, -0.2) is 15.9 Å². The molecule has 0 radical (unpaired) electrons. The Balaban J connectivity index is 1.77. The zero-order valence-electron chi connectivity index (χ0n) is 13.0. The number of rotatable bonds is 3. The molecule has 4 nitrogen and oxygen atoms in total. The van der Waals surface area contributed by atoms with Gasteiger partial charge < -0.3 is 4.52 Å². The molecule has 2 aliphatic carbocycles. The van der Waals surface area contributed by atoms with Gasteiger partial charge in [-0.05, 0) is 52.4 Å². The molecule has 0 N–H and O–H groups in total. The highest BCUT2D eigenvalue weighted by atomic mass is 16.5. The van der Waals surface area contributed by atoms with E-state index in [2.05, 4.69) is 30.1 Å². The summed E-state index contributed by atoms with van der Waals surface area (Å²) < 4.78 is 5.52. The molecule has 114 valence electrons. The van der Waals surface area contributed by atoms with E-state index in [1.165, 1.54) is 18.4 Å². The summed E-state index contributed by atoms with van der Waals surface area (Å²) in [4.78, 5) is 16.0. The zero-order valence-corrected chi connectivity index (χ0v) is 13.0. The van der Waals surface area contributed by atoms with Crippen LogP contribution in [0.2, 0.25) is 0 Å². The molecule has 0 aliphatic heterocycles. The maximum Gasteiger partial charge on any atom is 0.229 e. The second-order valence-electron chi connectivity index (χ2n) is 6.87. The standard InChI is InChI=1S/C17H24N2O2/c1-17(2,13-6-4-3-5-7-13)16-18-15(21-19-16)12-8-10-14(20)11-9-12/h6,12H,3-5,7-11H2,1-2H3. The van der Waals surface area contributed by atoms with Gasteiger partial charge in [-0.15, -0.1) is 0 Å². The van der Waals surface area contributed by atoms with Gasteiger partial charge in [0.2, 0.25) is 5.89 Å². The topological polar surface area (TPSA) is 56.0 Å². The van der Waals surface area contributed by atoms with Crippen molar-refractivity contribution in [3.05, 3.63) is 23.4 Å². The SMILES string of the molecule is CC(C)(C1=CCCCC1)c1noc(C2CCC(=O)CC2)n1. The Morgan fingerprint density at radius 3 is 2.62 bits per heavy atom. The van der Waals surface area contributed by atoms with E-state index < -0.39 is 0 Å². The van der Waals surface area contributed by atoms with Gasteiger partial charge in [0.1, 0.15) is 5.78 Å². The molecule has 4 heteroatoms. The highest BCUT2D eigenvalue weighted by Gasteiger charge is 2.33. The summed E-state index contributed by atoms with van der Waals surface area (Å²) in [6.07, 6.45) is 10.2. The first-order valence-corrected chi connectivity index (χ1v) is 8.12. The van der Waals surface area contributed by atoms with Gasteiger partial charge in [0.25, 0.3) is 0 Å². The third kappa shape index (κ3) is 2.94. The predicted molar refractivity (Wildman–Crippen MR) is 80.1 cm³/mol. The third-order valence-electron chi connectivity index (χ3n) is 4.99. The minimum Gasteiger partial charge on any atom is -0.339 e. The predicted octanol–water partition coefficient (Wildman–Crippen LogP) is 4.07. The molecule has 3 rings (SSSR count). The lowest BCUT2D eigenvalue weighted by molar-refractivity contribution is -0.120. The van der Waals surface area contributed by atoms with Crippen molar-refractivity contribution in [1.29, 1.82) is 0 Å². The highest BCUT2D eigenvalue weighted by Crippen LogP contribution is 2.37. The molecule has 1 aromatic rings. The molecule has 0 aromatic carbocycles. The van der Waals surface area contributed by atoms with Gasteiger partial charge in [0.05, 0.1) is 0 Å². The molecule has 1 aromatic heterocycles. The van der Waals surface area contributed by atoms with Crippen molar-refractivity contribution in [3.8, 4) is 0 Å². The van der Waals surface area contributed by atoms with Crippen LogP contribution in [0.4, 0.5) is 0 Å². The molecule has 21 heavy (non-hydrogen) atoms. The van der Waals surface area contributed by atoms with Gasteiger partial charge in [-0.1, -0.05) is 16.8 Å². The van der Waals surface area contributed by atoms with Crippen molar-refractivity contribution in [3.63, 3.8) is 0 Å². The average Bonchev–Trinajstić information content (AvgIpc) is 2.99. The van der Waals surface area contributed by atoms with Crippen LogP contribution >= 0.6 is 0 Å². The van der Waals surface area contributed by atoms with E-state index in [1.54, 1.807) is 0 Å². The van der Waals surface area contributed by atoms with E-state index in [-0.39, 0.29) is 11.3 Å². The van der Waals surface area contributed by atoms with Crippen LogP contribution in [-0.2, 0) is 10.2 Å². The fraction of sp³-hybridized carbons (Fsp3) is 0.706. The van der Waals surface area contributed by atoms with Crippen molar-refractivity contribution in [2.24, 2.45) is 0 Å². The van der Waals surface area contributed by atoms with E-state index in [9.17, 15) is 4.79 Å². The number of carbonyl (C=O) groups excluding carboxylic acids is 1. The van der Waals surface area contributed by atoms with Gasteiger partial charge in [0, 0.05) is 24.2 Å². The van der Waals surface area contributed by atoms with Gasteiger partial charge >= 0.3 is 0 Å². The number of Topliss-reactive ketones (excluding diaryl/α,β-unsaturated/α-hetero) is 1. The zero-order chi connectivity index (χ0) is 14.9. The third-order valence-corrected chi connectivity index (χ3v) is 4.99. The lowest BCUT2D eigenvalue weighted by Crippen LogP contribution is -2.23. The summed E-state index contributed by atoms with van der Waals surface area (Å²) in [7, 11) is 0. The van der Waals surface area contributed by atoms with Crippen molar-refractivity contribution in [2.45, 2.75) is 76.5 Å². The number of carbonyl (C=O) groups is 1. The summed E-state index contributed by atoms with van der Waals surface area (Å²) in [5, 5.41) is 4.25. The maximum absolute atomic E-state index is 11.3. The molecule has 0 bridgehead atoms. The molecule has 0 atom stereocenters. The number of aromatic nitrogens is 2. The Hall–Kier alpha value is -1.45. The molecule has 2 aliphatic rings. The van der Waals surface area contributed by atoms with Crippen LogP contribution in [0.1, 0.15) is 82.8 Å². The first-order chi connectivity index (χ1) is 10.1. The Kier molecular flexibility index (Phi) is 3.96. The van der Waals surface area contributed by atoms with Crippen LogP contribution in [0.3, 0.4) is 0 Å². The summed E-state index contributed by atoms with van der Waals surface area (Å²) in [6, 6.07) is 0. The van der Waals surface area contributed by atoms with Crippen molar-refractivity contribution in [1.82, 2.24) is 10.1 Å². The van der Waals surface area contributed by atoms with Crippen molar-refractivity contribution < 1.29 is 9.32 Å². The maximum atomic E-state index is 11.3. The Labute approximate surface area is 126 Å². The Bertz CT molecular complexity index is 547. The molecule has 0 unspecified atom stereocenters. The number of hydrogen-bond acceptors (Lipinski definition) is 4. The van der Waals surface area contributed by atoms with Gasteiger partial charge in [-0.25, -0.2) is 0 Å². The molecule has 0 spiro atoms. The van der Waals surface area contributed by atoms with Gasteiger partial charge in [-0.3, -0.25) is 4.79 Å². The van der Waals surface area contributed by atoms with Gasteiger partial charge in [0.15, 0.2) is 5.82 Å². The van der Waals surface area contributed by atoms with E-state index in [0.29, 0.717) is 18.6 Å². The molecular formula is C17H24N2O2. The van der Waals surface area contributed by atoms with Crippen LogP contribution in [0.25, 0.3) is 0 Å². The van der Waals surface area contributed by atoms with E-state index in [4.69, 9.17) is 4.52 Å². The monoisotopic (exact) mass is 288 g/mol. The van der Waals surface area contributed by atoms with E-state index in [1.807, 2.05) is 0 Å². The van der Waals surface area contributed by atoms with Gasteiger partial charge in [-0.2, -0.15) is 4.98 Å². The fourth-order valence-corrected chi connectivity index (χ4v) is 3.39. The molecule has 1 saturated carbocycles. The quantitative estimate of drug-likeness (QED) is 0.787. The molecule has 0 saturated heterocycles. The van der Waals surface area contributed by atoms with Crippen molar-refractivity contribution in [2.75, 3.05) is 0 Å². The Morgan fingerprint density at radius 2 is 1.95 bits per heavy atom. The smallest absolute Gasteiger partial charge is 0.229 e. The summed E-state index contributed by atoms with van der Waals surface area (Å²) >= 11 is 0. The number of nitrogens with zero attached hydrogens (tertiary/aromatic N) is 2.